The van der Waals surface area contributed by atoms with Gasteiger partial charge in [-0.15, -0.1) is 0 Å². The summed E-state index contributed by atoms with van der Waals surface area (Å²) >= 11 is 0. The third-order valence-corrected chi connectivity index (χ3v) is 4.88. The van der Waals surface area contributed by atoms with Crippen molar-refractivity contribution >= 4 is 29.1 Å². The summed E-state index contributed by atoms with van der Waals surface area (Å²) in [5.41, 5.74) is -0.619. The van der Waals surface area contributed by atoms with Gasteiger partial charge in [-0.25, -0.2) is 4.39 Å². The first-order chi connectivity index (χ1) is 14.7. The zero-order valence-corrected chi connectivity index (χ0v) is 16.0. The Bertz CT molecular complexity index is 1100. The van der Waals surface area contributed by atoms with E-state index >= 15 is 0 Å². The summed E-state index contributed by atoms with van der Waals surface area (Å²) in [6.07, 6.45) is -0.250. The molecule has 31 heavy (non-hydrogen) atoms. The maximum atomic E-state index is 14.6. The Balaban J connectivity index is 2.11. The van der Waals surface area contributed by atoms with Crippen molar-refractivity contribution in [2.75, 3.05) is 6.54 Å². The summed E-state index contributed by atoms with van der Waals surface area (Å²) in [5.74, 6) is -4.47. The molecule has 0 aliphatic carbocycles. The number of aliphatic carboxylic acids is 1. The molecule has 1 fully saturated rings. The van der Waals surface area contributed by atoms with Crippen LogP contribution in [0.25, 0.3) is 5.76 Å². The average molecular weight is 428 g/mol. The predicted molar refractivity (Wildman–Crippen MR) is 105 cm³/mol. The van der Waals surface area contributed by atoms with Crippen molar-refractivity contribution in [3.05, 3.63) is 81.2 Å². The molecule has 3 rings (SSSR count). The van der Waals surface area contributed by atoms with E-state index in [1.165, 1.54) is 30.3 Å². The number of carbonyl (C=O) groups is 3. The number of carbonyl (C=O) groups excluding carboxylic acids is 2. The van der Waals surface area contributed by atoms with Gasteiger partial charge in [0.2, 0.25) is 0 Å². The SMILES string of the molecule is O=C(O)CCCN1C(=O)C(=O)C(=C(O)c2ccc([N+](=O)[O-])cc2)[C@@H]1c1ccccc1F. The number of nitro benzene ring substituents is 1. The van der Waals surface area contributed by atoms with Crippen LogP contribution >= 0.6 is 0 Å². The minimum Gasteiger partial charge on any atom is -0.507 e. The van der Waals surface area contributed by atoms with Gasteiger partial charge in [0.1, 0.15) is 11.6 Å². The average Bonchev–Trinajstić information content (AvgIpc) is 2.98. The first-order valence-electron chi connectivity index (χ1n) is 9.21. The molecule has 1 atom stereocenters. The molecular formula is C21H17FN2O7. The van der Waals surface area contributed by atoms with Crippen LogP contribution in [0.3, 0.4) is 0 Å². The highest BCUT2D eigenvalue weighted by Gasteiger charge is 2.46. The van der Waals surface area contributed by atoms with Gasteiger partial charge in [-0.2, -0.15) is 0 Å². The number of benzene rings is 2. The minimum absolute atomic E-state index is 0.0187. The lowest BCUT2D eigenvalue weighted by Crippen LogP contribution is -2.31. The van der Waals surface area contributed by atoms with E-state index in [1.54, 1.807) is 0 Å². The standard InChI is InChI=1S/C21H17FN2O7/c22-15-5-2-1-4-14(15)18-17(19(27)12-7-9-13(10-8-12)24(30)31)20(28)21(29)23(18)11-3-6-16(25)26/h1-2,4-5,7-10,18,27H,3,6,11H2,(H,25,26)/t18-/m0/s1. The van der Waals surface area contributed by atoms with Crippen molar-refractivity contribution in [2.45, 2.75) is 18.9 Å². The molecule has 0 spiro atoms. The van der Waals surface area contributed by atoms with E-state index in [1.807, 2.05) is 0 Å². The molecule has 0 unspecified atom stereocenters. The number of ketones is 1. The third kappa shape index (κ3) is 4.27. The fourth-order valence-corrected chi connectivity index (χ4v) is 3.43. The molecule has 2 N–H and O–H groups in total. The number of Topliss-reactive ketones (excluding diaryl/α,β-unsaturated/α-hetero) is 1. The van der Waals surface area contributed by atoms with Crippen molar-refractivity contribution < 1.29 is 33.9 Å². The highest BCUT2D eigenvalue weighted by atomic mass is 19.1. The lowest BCUT2D eigenvalue weighted by atomic mass is 9.95. The summed E-state index contributed by atoms with van der Waals surface area (Å²) in [4.78, 5) is 47.4. The van der Waals surface area contributed by atoms with Gasteiger partial charge in [-0.05, 0) is 24.6 Å². The van der Waals surface area contributed by atoms with Crippen molar-refractivity contribution in [2.24, 2.45) is 0 Å². The molecule has 0 radical (unpaired) electrons. The largest absolute Gasteiger partial charge is 0.507 e. The van der Waals surface area contributed by atoms with Crippen LogP contribution in [0.2, 0.25) is 0 Å². The number of amides is 1. The number of nitro groups is 1. The normalized spacial score (nSPS) is 17.7. The van der Waals surface area contributed by atoms with Crippen molar-refractivity contribution in [3.8, 4) is 0 Å². The molecule has 2 aromatic rings. The maximum Gasteiger partial charge on any atom is 0.303 e. The van der Waals surface area contributed by atoms with E-state index in [0.717, 1.165) is 23.1 Å². The Morgan fingerprint density at radius 1 is 1.10 bits per heavy atom. The highest BCUT2D eigenvalue weighted by molar-refractivity contribution is 6.46. The molecule has 160 valence electrons. The second kappa shape index (κ2) is 8.74. The smallest absolute Gasteiger partial charge is 0.303 e. The topological polar surface area (TPSA) is 138 Å². The predicted octanol–water partition coefficient (Wildman–Crippen LogP) is 3.02. The first-order valence-corrected chi connectivity index (χ1v) is 9.21. The summed E-state index contributed by atoms with van der Waals surface area (Å²) in [6.45, 7) is -0.146. The van der Waals surface area contributed by atoms with Crippen LogP contribution in [0.1, 0.15) is 30.0 Å². The van der Waals surface area contributed by atoms with E-state index in [0.29, 0.717) is 0 Å². The highest BCUT2D eigenvalue weighted by Crippen LogP contribution is 2.40. The maximum absolute atomic E-state index is 14.6. The minimum atomic E-state index is -1.27. The van der Waals surface area contributed by atoms with E-state index in [9.17, 15) is 34.0 Å². The number of aliphatic hydroxyl groups excluding tert-OH is 1. The van der Waals surface area contributed by atoms with Gasteiger partial charge in [0.15, 0.2) is 0 Å². The lowest BCUT2D eigenvalue weighted by molar-refractivity contribution is -0.384. The Hall–Kier alpha value is -4.08. The van der Waals surface area contributed by atoms with Crippen molar-refractivity contribution in [1.82, 2.24) is 4.90 Å². The van der Waals surface area contributed by atoms with Crippen LogP contribution < -0.4 is 0 Å². The first kappa shape index (κ1) is 21.6. The lowest BCUT2D eigenvalue weighted by Gasteiger charge is -2.25. The molecule has 0 aromatic heterocycles. The van der Waals surface area contributed by atoms with Gasteiger partial charge in [-0.3, -0.25) is 24.5 Å². The number of nitrogens with zero attached hydrogens (tertiary/aromatic N) is 2. The van der Waals surface area contributed by atoms with Gasteiger partial charge in [-0.1, -0.05) is 18.2 Å². The number of likely N-dealkylation sites (tertiary alicyclic amines) is 1. The Morgan fingerprint density at radius 2 is 1.74 bits per heavy atom. The summed E-state index contributed by atoms with van der Waals surface area (Å²) in [5, 5.41) is 30.5. The number of carboxylic acids is 1. The van der Waals surface area contributed by atoms with Crippen LogP contribution in [0.4, 0.5) is 10.1 Å². The van der Waals surface area contributed by atoms with Gasteiger partial charge >= 0.3 is 5.97 Å². The number of aliphatic hydroxyl groups is 1. The summed E-state index contributed by atoms with van der Waals surface area (Å²) in [6, 6.07) is 8.82. The fourth-order valence-electron chi connectivity index (χ4n) is 3.43. The molecule has 0 bridgehead atoms. The Morgan fingerprint density at radius 3 is 2.32 bits per heavy atom. The second-order valence-corrected chi connectivity index (χ2v) is 6.82. The Labute approximate surface area is 175 Å². The monoisotopic (exact) mass is 428 g/mol. The van der Waals surface area contributed by atoms with Crippen LogP contribution in [0.5, 0.6) is 0 Å². The molecule has 1 heterocycles. The van der Waals surface area contributed by atoms with Gasteiger partial charge in [0.25, 0.3) is 17.4 Å². The quantitative estimate of drug-likeness (QED) is 0.227. The zero-order chi connectivity index (χ0) is 22.7. The van der Waals surface area contributed by atoms with E-state index in [2.05, 4.69) is 0 Å². The molecular weight excluding hydrogens is 411 g/mol. The van der Waals surface area contributed by atoms with E-state index in [-0.39, 0.29) is 41.8 Å². The number of carboxylic acid groups (broad SMARTS) is 1. The number of non-ortho nitro benzene ring substituents is 1. The molecule has 10 heteroatoms. The molecule has 1 amide bonds. The van der Waals surface area contributed by atoms with E-state index in [4.69, 9.17) is 5.11 Å². The molecule has 2 aromatic carbocycles. The number of rotatable bonds is 7. The summed E-state index contributed by atoms with van der Waals surface area (Å²) < 4.78 is 14.6. The second-order valence-electron chi connectivity index (χ2n) is 6.82. The van der Waals surface area contributed by atoms with Gasteiger partial charge < -0.3 is 15.1 Å². The molecule has 1 aliphatic heterocycles. The fraction of sp³-hybridized carbons (Fsp3) is 0.190. The number of hydrogen-bond donors (Lipinski definition) is 2. The number of hydrogen-bond acceptors (Lipinski definition) is 6. The molecule has 0 saturated carbocycles. The summed E-state index contributed by atoms with van der Waals surface area (Å²) in [7, 11) is 0. The van der Waals surface area contributed by atoms with Crippen LogP contribution in [0.15, 0.2) is 54.1 Å². The van der Waals surface area contributed by atoms with Crippen molar-refractivity contribution in [1.29, 1.82) is 0 Å². The molecule has 9 nitrogen and oxygen atoms in total. The Kier molecular flexibility index (Phi) is 6.10. The molecule has 1 aliphatic rings. The van der Waals surface area contributed by atoms with E-state index < -0.39 is 40.2 Å². The van der Waals surface area contributed by atoms with Crippen LogP contribution in [-0.2, 0) is 14.4 Å². The van der Waals surface area contributed by atoms with Crippen LogP contribution in [0, 0.1) is 15.9 Å². The zero-order valence-electron chi connectivity index (χ0n) is 16.0. The molecule has 1 saturated heterocycles. The third-order valence-electron chi connectivity index (χ3n) is 4.88. The van der Waals surface area contributed by atoms with Gasteiger partial charge in [0.05, 0.1) is 16.5 Å². The van der Waals surface area contributed by atoms with Crippen molar-refractivity contribution in [3.63, 3.8) is 0 Å². The van der Waals surface area contributed by atoms with Crippen LogP contribution in [-0.4, -0.2) is 44.2 Å². The number of halogens is 1. The van der Waals surface area contributed by atoms with Gasteiger partial charge in [0, 0.05) is 36.2 Å².